The van der Waals surface area contributed by atoms with Gasteiger partial charge in [-0.1, -0.05) is 27.7 Å². The summed E-state index contributed by atoms with van der Waals surface area (Å²) in [4.78, 5) is 0. The number of ether oxygens (including phenoxy) is 1. The van der Waals surface area contributed by atoms with Gasteiger partial charge in [0.15, 0.2) is 0 Å². The Morgan fingerprint density at radius 1 is 1.18 bits per heavy atom. The van der Waals surface area contributed by atoms with E-state index in [-0.39, 0.29) is 12.0 Å². The van der Waals surface area contributed by atoms with E-state index in [1.165, 1.54) is 0 Å². The van der Waals surface area contributed by atoms with E-state index in [4.69, 9.17) is 4.74 Å². The Balaban J connectivity index is 4.26. The second-order valence-electron chi connectivity index (χ2n) is 5.26. The van der Waals surface area contributed by atoms with Crippen molar-refractivity contribution >= 4 is 0 Å². The Kier molecular flexibility index (Phi) is 8.83. The molecule has 1 unspecified atom stereocenters. The molecule has 0 bridgehead atoms. The molecule has 0 saturated carbocycles. The molecule has 2 N–H and O–H groups in total. The minimum Gasteiger partial charge on any atom is -0.396 e. The van der Waals surface area contributed by atoms with Gasteiger partial charge < -0.3 is 15.2 Å². The van der Waals surface area contributed by atoms with Crippen molar-refractivity contribution in [2.45, 2.75) is 53.5 Å². The lowest BCUT2D eigenvalue weighted by atomic mass is 9.83. The molecule has 0 heterocycles. The third-order valence-electron chi connectivity index (χ3n) is 3.88. The van der Waals surface area contributed by atoms with Crippen LogP contribution in [0, 0.1) is 11.3 Å². The fourth-order valence-electron chi connectivity index (χ4n) is 1.86. The van der Waals surface area contributed by atoms with Crippen LogP contribution >= 0.6 is 0 Å². The van der Waals surface area contributed by atoms with Gasteiger partial charge in [-0.3, -0.25) is 0 Å². The van der Waals surface area contributed by atoms with Crippen LogP contribution in [0.15, 0.2) is 0 Å². The molecule has 0 amide bonds. The van der Waals surface area contributed by atoms with Crippen molar-refractivity contribution < 1.29 is 9.84 Å². The van der Waals surface area contributed by atoms with Gasteiger partial charge in [-0.05, 0) is 25.7 Å². The number of aliphatic hydroxyl groups excluding tert-OH is 1. The monoisotopic (exact) mass is 245 g/mol. The van der Waals surface area contributed by atoms with E-state index in [0.29, 0.717) is 12.0 Å². The van der Waals surface area contributed by atoms with E-state index in [1.807, 2.05) is 6.92 Å². The zero-order valence-corrected chi connectivity index (χ0v) is 12.3. The van der Waals surface area contributed by atoms with Crippen molar-refractivity contribution in [2.75, 3.05) is 26.4 Å². The molecule has 104 valence electrons. The summed E-state index contributed by atoms with van der Waals surface area (Å²) in [5, 5.41) is 13.1. The molecular formula is C14H31NO2. The molecule has 0 fully saturated rings. The minimum absolute atomic E-state index is 0.0271. The number of hydrogen-bond acceptors (Lipinski definition) is 3. The molecule has 0 aromatic rings. The quantitative estimate of drug-likeness (QED) is 0.621. The molecule has 0 aliphatic rings. The zero-order chi connectivity index (χ0) is 13.3. The zero-order valence-electron chi connectivity index (χ0n) is 12.3. The fourth-order valence-corrected chi connectivity index (χ4v) is 1.86. The molecular weight excluding hydrogens is 214 g/mol. The van der Waals surface area contributed by atoms with Gasteiger partial charge in [0.1, 0.15) is 0 Å². The largest absolute Gasteiger partial charge is 0.396 e. The standard InChI is InChI=1S/C14H31NO2/c1-6-14(7-2,11-16)10-15-13(12(4)5)9-17-8-3/h12-13,15-16H,6-11H2,1-5H3. The van der Waals surface area contributed by atoms with Crippen molar-refractivity contribution in [1.29, 1.82) is 0 Å². The van der Waals surface area contributed by atoms with Gasteiger partial charge in [0.05, 0.1) is 6.61 Å². The lowest BCUT2D eigenvalue weighted by Crippen LogP contribution is -2.45. The van der Waals surface area contributed by atoms with Gasteiger partial charge in [0.2, 0.25) is 0 Å². The van der Waals surface area contributed by atoms with Gasteiger partial charge in [0.25, 0.3) is 0 Å². The summed E-state index contributed by atoms with van der Waals surface area (Å²) in [6, 6.07) is 0.374. The van der Waals surface area contributed by atoms with Gasteiger partial charge in [-0.25, -0.2) is 0 Å². The summed E-state index contributed by atoms with van der Waals surface area (Å²) in [7, 11) is 0. The highest BCUT2D eigenvalue weighted by atomic mass is 16.5. The van der Waals surface area contributed by atoms with Crippen molar-refractivity contribution in [3.8, 4) is 0 Å². The average molecular weight is 245 g/mol. The minimum atomic E-state index is 0.0271. The van der Waals surface area contributed by atoms with E-state index >= 15 is 0 Å². The first-order valence-electron chi connectivity index (χ1n) is 6.97. The Labute approximate surface area is 107 Å². The van der Waals surface area contributed by atoms with Crippen molar-refractivity contribution in [3.63, 3.8) is 0 Å². The van der Waals surface area contributed by atoms with Gasteiger partial charge >= 0.3 is 0 Å². The summed E-state index contributed by atoms with van der Waals surface area (Å²) < 4.78 is 5.50. The van der Waals surface area contributed by atoms with Crippen LogP contribution in [-0.4, -0.2) is 37.5 Å². The van der Waals surface area contributed by atoms with E-state index in [0.717, 1.165) is 32.6 Å². The van der Waals surface area contributed by atoms with Gasteiger partial charge in [0, 0.05) is 31.2 Å². The summed E-state index contributed by atoms with van der Waals surface area (Å²) in [6.45, 7) is 13.4. The van der Waals surface area contributed by atoms with Crippen LogP contribution in [0.4, 0.5) is 0 Å². The number of hydrogen-bond donors (Lipinski definition) is 2. The van der Waals surface area contributed by atoms with E-state index < -0.39 is 0 Å². The van der Waals surface area contributed by atoms with Crippen LogP contribution in [0.5, 0.6) is 0 Å². The summed E-state index contributed by atoms with van der Waals surface area (Å²) >= 11 is 0. The maximum atomic E-state index is 9.53. The van der Waals surface area contributed by atoms with Crippen molar-refractivity contribution in [2.24, 2.45) is 11.3 Å². The van der Waals surface area contributed by atoms with E-state index in [1.54, 1.807) is 0 Å². The maximum Gasteiger partial charge on any atom is 0.0621 e. The summed E-state index contributed by atoms with van der Waals surface area (Å²) in [5.74, 6) is 0.548. The molecule has 0 aromatic carbocycles. The molecule has 0 aliphatic heterocycles. The number of nitrogens with one attached hydrogen (secondary N) is 1. The third kappa shape index (κ3) is 5.84. The van der Waals surface area contributed by atoms with Gasteiger partial charge in [-0.2, -0.15) is 0 Å². The molecule has 17 heavy (non-hydrogen) atoms. The highest BCUT2D eigenvalue weighted by molar-refractivity contribution is 4.81. The van der Waals surface area contributed by atoms with Crippen molar-refractivity contribution in [3.05, 3.63) is 0 Å². The summed E-state index contributed by atoms with van der Waals surface area (Å²) in [6.07, 6.45) is 2.01. The molecule has 0 spiro atoms. The number of rotatable bonds is 10. The van der Waals surface area contributed by atoms with Crippen LogP contribution in [-0.2, 0) is 4.74 Å². The molecule has 0 aliphatic carbocycles. The van der Waals surface area contributed by atoms with Crippen LogP contribution < -0.4 is 5.32 Å². The first kappa shape index (κ1) is 16.9. The van der Waals surface area contributed by atoms with Crippen LogP contribution in [0.1, 0.15) is 47.5 Å². The van der Waals surface area contributed by atoms with E-state index in [2.05, 4.69) is 33.0 Å². The molecule has 0 rings (SSSR count). The topological polar surface area (TPSA) is 41.5 Å². The Hall–Kier alpha value is -0.120. The molecule has 1 atom stereocenters. The average Bonchev–Trinajstić information content (AvgIpc) is 2.34. The normalized spacial score (nSPS) is 14.3. The van der Waals surface area contributed by atoms with E-state index in [9.17, 15) is 5.11 Å². The fraction of sp³-hybridized carbons (Fsp3) is 1.00. The molecule has 3 nitrogen and oxygen atoms in total. The van der Waals surface area contributed by atoms with Crippen LogP contribution in [0.2, 0.25) is 0 Å². The third-order valence-corrected chi connectivity index (χ3v) is 3.88. The smallest absolute Gasteiger partial charge is 0.0621 e. The Morgan fingerprint density at radius 3 is 2.12 bits per heavy atom. The first-order chi connectivity index (χ1) is 8.05. The predicted octanol–water partition coefficient (Wildman–Crippen LogP) is 2.44. The first-order valence-corrected chi connectivity index (χ1v) is 6.97. The lowest BCUT2D eigenvalue weighted by Gasteiger charge is -2.33. The van der Waals surface area contributed by atoms with Crippen LogP contribution in [0.25, 0.3) is 0 Å². The Bertz CT molecular complexity index is 171. The maximum absolute atomic E-state index is 9.53. The Morgan fingerprint density at radius 2 is 1.76 bits per heavy atom. The molecule has 3 heteroatoms. The second-order valence-corrected chi connectivity index (χ2v) is 5.26. The highest BCUT2D eigenvalue weighted by Crippen LogP contribution is 2.24. The highest BCUT2D eigenvalue weighted by Gasteiger charge is 2.26. The summed E-state index contributed by atoms with van der Waals surface area (Å²) in [5.41, 5.74) is 0.0271. The SMILES string of the molecule is CCOCC(NCC(CC)(CC)CO)C(C)C. The molecule has 0 saturated heterocycles. The molecule has 0 aromatic heterocycles. The molecule has 0 radical (unpaired) electrons. The number of aliphatic hydroxyl groups is 1. The van der Waals surface area contributed by atoms with Crippen LogP contribution in [0.3, 0.4) is 0 Å². The second kappa shape index (κ2) is 8.90. The lowest BCUT2D eigenvalue weighted by molar-refractivity contribution is 0.0797. The van der Waals surface area contributed by atoms with Crippen molar-refractivity contribution in [1.82, 2.24) is 5.32 Å². The van der Waals surface area contributed by atoms with Gasteiger partial charge in [-0.15, -0.1) is 0 Å². The predicted molar refractivity (Wildman–Crippen MR) is 73.2 cm³/mol.